The zero-order chi connectivity index (χ0) is 15.0. The number of imidazole rings is 1. The molecule has 0 fully saturated rings. The fourth-order valence-corrected chi connectivity index (χ4v) is 2.93. The molecule has 1 atom stereocenters. The van der Waals surface area contributed by atoms with Gasteiger partial charge in [-0.15, -0.1) is 0 Å². The Labute approximate surface area is 126 Å². The summed E-state index contributed by atoms with van der Waals surface area (Å²) in [7, 11) is 0. The van der Waals surface area contributed by atoms with Gasteiger partial charge in [0.05, 0.1) is 0 Å². The Morgan fingerprint density at radius 1 is 1.19 bits per heavy atom. The molecule has 21 heavy (non-hydrogen) atoms. The third kappa shape index (κ3) is 2.25. The number of aromatic amines is 1. The second-order valence-electron chi connectivity index (χ2n) is 6.21. The first-order valence-corrected chi connectivity index (χ1v) is 7.48. The van der Waals surface area contributed by atoms with Gasteiger partial charge in [0.1, 0.15) is 5.82 Å². The molecular formula is C19H22N2. The number of benzene rings is 1. The van der Waals surface area contributed by atoms with Crippen LogP contribution in [0.4, 0.5) is 0 Å². The van der Waals surface area contributed by atoms with Gasteiger partial charge in [-0.3, -0.25) is 0 Å². The number of rotatable bonds is 2. The fourth-order valence-electron chi connectivity index (χ4n) is 2.93. The maximum absolute atomic E-state index is 4.64. The monoisotopic (exact) mass is 278 g/mol. The molecule has 1 aromatic carbocycles. The molecule has 0 spiro atoms. The molecule has 1 unspecified atom stereocenters. The second kappa shape index (κ2) is 5.03. The number of aromatic nitrogens is 2. The molecule has 2 nitrogen and oxygen atoms in total. The molecule has 0 aliphatic heterocycles. The Kier molecular flexibility index (Phi) is 3.32. The van der Waals surface area contributed by atoms with Crippen molar-refractivity contribution in [3.63, 3.8) is 0 Å². The normalized spacial score (nSPS) is 21.4. The van der Waals surface area contributed by atoms with E-state index < -0.39 is 0 Å². The quantitative estimate of drug-likeness (QED) is 0.835. The summed E-state index contributed by atoms with van der Waals surface area (Å²) in [6, 6.07) is 6.37. The first-order chi connectivity index (χ1) is 10.0. The van der Waals surface area contributed by atoms with Crippen LogP contribution in [-0.2, 0) is 5.41 Å². The molecule has 3 rings (SSSR count). The summed E-state index contributed by atoms with van der Waals surface area (Å²) in [5.74, 6) is 0.967. The van der Waals surface area contributed by atoms with Crippen LogP contribution in [0.15, 0.2) is 48.2 Å². The largest absolute Gasteiger partial charge is 0.341 e. The van der Waals surface area contributed by atoms with Crippen LogP contribution in [0.5, 0.6) is 0 Å². The number of nitrogens with zero attached hydrogens (tertiary/aromatic N) is 1. The van der Waals surface area contributed by atoms with E-state index in [-0.39, 0.29) is 5.41 Å². The summed E-state index contributed by atoms with van der Waals surface area (Å²) >= 11 is 0. The minimum absolute atomic E-state index is 0.0255. The number of aryl methyl sites for hydroxylation is 1. The van der Waals surface area contributed by atoms with Gasteiger partial charge in [-0.05, 0) is 45.2 Å². The topological polar surface area (TPSA) is 28.7 Å². The van der Waals surface area contributed by atoms with Gasteiger partial charge in [0.25, 0.3) is 0 Å². The van der Waals surface area contributed by atoms with Crippen LogP contribution in [0.25, 0.3) is 11.4 Å². The van der Waals surface area contributed by atoms with Crippen molar-refractivity contribution in [2.75, 3.05) is 0 Å². The zero-order valence-corrected chi connectivity index (χ0v) is 13.2. The van der Waals surface area contributed by atoms with E-state index >= 15 is 0 Å². The minimum atomic E-state index is 0.0255. The highest BCUT2D eigenvalue weighted by Crippen LogP contribution is 2.37. The van der Waals surface area contributed by atoms with E-state index in [9.17, 15) is 0 Å². The van der Waals surface area contributed by atoms with E-state index in [0.717, 1.165) is 12.2 Å². The lowest BCUT2D eigenvalue weighted by atomic mass is 9.75. The number of H-pyrrole nitrogens is 1. The van der Waals surface area contributed by atoms with Gasteiger partial charge >= 0.3 is 0 Å². The molecule has 2 heteroatoms. The van der Waals surface area contributed by atoms with Crippen LogP contribution >= 0.6 is 0 Å². The Bertz CT molecular complexity index is 734. The number of hydrogen-bond acceptors (Lipinski definition) is 1. The lowest BCUT2D eigenvalue weighted by Gasteiger charge is -2.30. The number of hydrogen-bond donors (Lipinski definition) is 1. The van der Waals surface area contributed by atoms with E-state index in [2.05, 4.69) is 74.1 Å². The van der Waals surface area contributed by atoms with Gasteiger partial charge in [0, 0.05) is 22.9 Å². The maximum Gasteiger partial charge on any atom is 0.137 e. The molecule has 1 heterocycles. The molecule has 0 bridgehead atoms. The zero-order valence-electron chi connectivity index (χ0n) is 13.2. The minimum Gasteiger partial charge on any atom is -0.341 e. The maximum atomic E-state index is 4.64. The van der Waals surface area contributed by atoms with Crippen molar-refractivity contribution in [3.05, 3.63) is 65.0 Å². The highest BCUT2D eigenvalue weighted by molar-refractivity contribution is 5.62. The SMILES string of the molecule is CC1=CC=CCC1(C)c1cnc(-c2cccc(C)c2C)[nH]1. The standard InChI is InChI=1S/C19H22N2/c1-13-8-7-10-16(15(13)3)18-20-12-17(21-18)19(4)11-6-5-9-14(19)2/h5-10,12H,11H2,1-4H3,(H,20,21). The van der Waals surface area contributed by atoms with Gasteiger partial charge in [0.2, 0.25) is 0 Å². The van der Waals surface area contributed by atoms with E-state index in [0.29, 0.717) is 0 Å². The average Bonchev–Trinajstić information content (AvgIpc) is 2.95. The average molecular weight is 278 g/mol. The van der Waals surface area contributed by atoms with Crippen LogP contribution in [0.1, 0.15) is 37.1 Å². The predicted molar refractivity (Wildman–Crippen MR) is 88.4 cm³/mol. The molecule has 1 aliphatic rings. The smallest absolute Gasteiger partial charge is 0.137 e. The van der Waals surface area contributed by atoms with E-state index in [1.54, 1.807) is 0 Å². The summed E-state index contributed by atoms with van der Waals surface area (Å²) in [5, 5.41) is 0. The van der Waals surface area contributed by atoms with Gasteiger partial charge in [-0.2, -0.15) is 0 Å². The lowest BCUT2D eigenvalue weighted by Crippen LogP contribution is -2.24. The summed E-state index contributed by atoms with van der Waals surface area (Å²) in [4.78, 5) is 8.19. The van der Waals surface area contributed by atoms with Crippen LogP contribution in [0.3, 0.4) is 0 Å². The second-order valence-corrected chi connectivity index (χ2v) is 6.21. The predicted octanol–water partition coefficient (Wildman–Crippen LogP) is 4.86. The first-order valence-electron chi connectivity index (χ1n) is 7.48. The van der Waals surface area contributed by atoms with Crippen molar-refractivity contribution >= 4 is 0 Å². The summed E-state index contributed by atoms with van der Waals surface area (Å²) < 4.78 is 0. The fraction of sp³-hybridized carbons (Fsp3) is 0.316. The van der Waals surface area contributed by atoms with Crippen LogP contribution in [0.2, 0.25) is 0 Å². The molecular weight excluding hydrogens is 256 g/mol. The highest BCUT2D eigenvalue weighted by Gasteiger charge is 2.30. The van der Waals surface area contributed by atoms with Gasteiger partial charge in [0.15, 0.2) is 0 Å². The summed E-state index contributed by atoms with van der Waals surface area (Å²) in [6.45, 7) is 8.77. The van der Waals surface area contributed by atoms with Crippen molar-refractivity contribution in [2.24, 2.45) is 0 Å². The van der Waals surface area contributed by atoms with E-state index in [1.165, 1.54) is 28.0 Å². The first kappa shape index (κ1) is 13.9. The molecule has 0 saturated carbocycles. The molecule has 1 aromatic heterocycles. The molecule has 1 N–H and O–H groups in total. The van der Waals surface area contributed by atoms with Crippen LogP contribution in [-0.4, -0.2) is 9.97 Å². The highest BCUT2D eigenvalue weighted by atomic mass is 14.9. The van der Waals surface area contributed by atoms with Gasteiger partial charge in [-0.1, -0.05) is 42.0 Å². The Morgan fingerprint density at radius 2 is 2.00 bits per heavy atom. The Hall–Kier alpha value is -2.09. The van der Waals surface area contributed by atoms with E-state index in [1.807, 2.05) is 6.20 Å². The molecule has 0 amide bonds. The number of nitrogens with one attached hydrogen (secondary N) is 1. The van der Waals surface area contributed by atoms with Crippen molar-refractivity contribution in [1.82, 2.24) is 9.97 Å². The number of allylic oxidation sites excluding steroid dienone is 4. The third-order valence-electron chi connectivity index (χ3n) is 4.91. The van der Waals surface area contributed by atoms with Crippen LogP contribution in [0, 0.1) is 13.8 Å². The Balaban J connectivity index is 2.03. The molecule has 1 aliphatic carbocycles. The van der Waals surface area contributed by atoms with Crippen LogP contribution < -0.4 is 0 Å². The molecule has 108 valence electrons. The van der Waals surface area contributed by atoms with Gasteiger partial charge in [-0.25, -0.2) is 4.98 Å². The summed E-state index contributed by atoms with van der Waals surface area (Å²) in [5.41, 5.74) is 6.38. The Morgan fingerprint density at radius 3 is 2.76 bits per heavy atom. The molecule has 2 aromatic rings. The molecule has 0 saturated heterocycles. The van der Waals surface area contributed by atoms with E-state index in [4.69, 9.17) is 0 Å². The van der Waals surface area contributed by atoms with Crippen molar-refractivity contribution in [3.8, 4) is 11.4 Å². The van der Waals surface area contributed by atoms with Crippen molar-refractivity contribution < 1.29 is 0 Å². The van der Waals surface area contributed by atoms with Gasteiger partial charge < -0.3 is 4.98 Å². The molecule has 0 radical (unpaired) electrons. The van der Waals surface area contributed by atoms with Crippen molar-refractivity contribution in [2.45, 2.75) is 39.5 Å². The third-order valence-corrected chi connectivity index (χ3v) is 4.91. The lowest BCUT2D eigenvalue weighted by molar-refractivity contribution is 0.545. The van der Waals surface area contributed by atoms with Crippen molar-refractivity contribution in [1.29, 1.82) is 0 Å². The summed E-state index contributed by atoms with van der Waals surface area (Å²) in [6.07, 6.45) is 9.57.